The fourth-order valence-corrected chi connectivity index (χ4v) is 5.13. The van der Waals surface area contributed by atoms with E-state index >= 15 is 0 Å². The van der Waals surface area contributed by atoms with Crippen molar-refractivity contribution in [1.82, 2.24) is 8.61 Å². The molecule has 150 valence electrons. The number of carbonyl (C=O) groups excluding carboxylic acids is 1. The topological polar surface area (TPSA) is 60.9 Å². The highest BCUT2D eigenvalue weighted by atomic mass is 32.2. The summed E-state index contributed by atoms with van der Waals surface area (Å²) >= 11 is 0. The average Bonchev–Trinajstić information content (AvgIpc) is 2.67. The molecule has 3 rings (SSSR count). The quantitative estimate of drug-likeness (QED) is 0.748. The predicted octanol–water partition coefficient (Wildman–Crippen LogP) is 2.80. The van der Waals surface area contributed by atoms with Crippen LogP contribution in [0.5, 0.6) is 0 Å². The minimum absolute atomic E-state index is 0.143. The molecule has 28 heavy (non-hydrogen) atoms. The van der Waals surface area contributed by atoms with Gasteiger partial charge in [0.2, 0.25) is 5.91 Å². The Morgan fingerprint density at radius 2 is 1.75 bits per heavy atom. The molecule has 1 fully saturated rings. The molecule has 1 heterocycles. The van der Waals surface area contributed by atoms with Crippen molar-refractivity contribution in [2.75, 3.05) is 31.1 Å². The first-order valence-corrected chi connectivity index (χ1v) is 11.0. The zero-order valence-corrected chi connectivity index (χ0v) is 17.2. The van der Waals surface area contributed by atoms with Crippen LogP contribution in [-0.4, -0.2) is 49.1 Å². The number of nitrogens with zero attached hydrogens (tertiary/aromatic N) is 3. The predicted molar refractivity (Wildman–Crippen MR) is 111 cm³/mol. The van der Waals surface area contributed by atoms with Crippen molar-refractivity contribution in [2.45, 2.75) is 26.8 Å². The Hall–Kier alpha value is -2.22. The molecular formula is C21H27N3O3S. The number of hydrogen-bond donors (Lipinski definition) is 0. The lowest BCUT2D eigenvalue weighted by molar-refractivity contribution is -0.118. The van der Waals surface area contributed by atoms with Gasteiger partial charge in [-0.1, -0.05) is 48.0 Å². The van der Waals surface area contributed by atoms with E-state index in [1.807, 2.05) is 68.4 Å². The van der Waals surface area contributed by atoms with Gasteiger partial charge in [-0.3, -0.25) is 4.79 Å². The molecule has 1 aliphatic heterocycles. The highest BCUT2D eigenvalue weighted by molar-refractivity contribution is 7.86. The van der Waals surface area contributed by atoms with Gasteiger partial charge in [-0.15, -0.1) is 0 Å². The van der Waals surface area contributed by atoms with Crippen LogP contribution in [0.25, 0.3) is 0 Å². The molecule has 0 aliphatic carbocycles. The summed E-state index contributed by atoms with van der Waals surface area (Å²) in [5, 5.41) is 0. The normalized spacial score (nSPS) is 17.4. The second kappa shape index (κ2) is 8.86. The maximum Gasteiger partial charge on any atom is 0.282 e. The van der Waals surface area contributed by atoms with Gasteiger partial charge >= 0.3 is 0 Å². The van der Waals surface area contributed by atoms with Crippen LogP contribution in [0.4, 0.5) is 5.69 Å². The Kier molecular flexibility index (Phi) is 6.49. The smallest absolute Gasteiger partial charge is 0.282 e. The lowest BCUT2D eigenvalue weighted by Gasteiger charge is -2.35. The van der Waals surface area contributed by atoms with Crippen LogP contribution in [0.3, 0.4) is 0 Å². The number of benzene rings is 2. The standard InChI is InChI=1S/C21H27N3O3S/c1-3-24(20-11-5-4-6-12-20)21(25)17-23-14-8-13-22(28(23,26)27)16-19-10-7-9-18(2)15-19/h4-7,9-12,15H,3,8,13-14,16-17H2,1-2H3. The van der Waals surface area contributed by atoms with Crippen molar-refractivity contribution in [3.05, 3.63) is 65.7 Å². The van der Waals surface area contributed by atoms with E-state index < -0.39 is 10.2 Å². The molecule has 6 nitrogen and oxygen atoms in total. The highest BCUT2D eigenvalue weighted by Crippen LogP contribution is 2.21. The zero-order chi connectivity index (χ0) is 20.1. The third-order valence-corrected chi connectivity index (χ3v) is 6.83. The molecule has 0 bridgehead atoms. The van der Waals surface area contributed by atoms with E-state index in [0.29, 0.717) is 32.6 Å². The van der Waals surface area contributed by atoms with E-state index in [2.05, 4.69) is 0 Å². The van der Waals surface area contributed by atoms with Gasteiger partial charge in [-0.05, 0) is 38.0 Å². The molecule has 0 saturated carbocycles. The summed E-state index contributed by atoms with van der Waals surface area (Å²) < 4.78 is 28.9. The molecular weight excluding hydrogens is 374 g/mol. The maximum atomic E-state index is 13.1. The average molecular weight is 402 g/mol. The Balaban J connectivity index is 1.73. The van der Waals surface area contributed by atoms with Gasteiger partial charge in [0.05, 0.1) is 6.54 Å². The zero-order valence-electron chi connectivity index (χ0n) is 16.4. The van der Waals surface area contributed by atoms with Crippen LogP contribution in [0.1, 0.15) is 24.5 Å². The number of para-hydroxylation sites is 1. The van der Waals surface area contributed by atoms with E-state index in [9.17, 15) is 13.2 Å². The highest BCUT2D eigenvalue weighted by Gasteiger charge is 2.35. The number of carbonyl (C=O) groups is 1. The summed E-state index contributed by atoms with van der Waals surface area (Å²) in [5.41, 5.74) is 2.83. The summed E-state index contributed by atoms with van der Waals surface area (Å²) in [4.78, 5) is 14.5. The molecule has 2 aromatic rings. The second-order valence-electron chi connectivity index (χ2n) is 6.99. The summed E-state index contributed by atoms with van der Waals surface area (Å²) in [6, 6.07) is 17.2. The number of anilines is 1. The van der Waals surface area contributed by atoms with Gasteiger partial charge in [0.25, 0.3) is 10.2 Å². The number of aryl methyl sites for hydroxylation is 1. The molecule has 1 aliphatic rings. The van der Waals surface area contributed by atoms with Crippen molar-refractivity contribution < 1.29 is 13.2 Å². The molecule has 0 aromatic heterocycles. The number of hydrogen-bond acceptors (Lipinski definition) is 3. The van der Waals surface area contributed by atoms with Crippen LogP contribution in [0.15, 0.2) is 54.6 Å². The summed E-state index contributed by atoms with van der Waals surface area (Å²) in [5.74, 6) is -0.213. The summed E-state index contributed by atoms with van der Waals surface area (Å²) in [6.07, 6.45) is 0.704. The minimum atomic E-state index is -3.68. The van der Waals surface area contributed by atoms with Gasteiger partial charge in [-0.25, -0.2) is 0 Å². The lowest BCUT2D eigenvalue weighted by atomic mass is 10.1. The van der Waals surface area contributed by atoms with Crippen LogP contribution in [-0.2, 0) is 21.5 Å². The molecule has 0 atom stereocenters. The summed E-state index contributed by atoms with van der Waals surface area (Å²) in [6.45, 7) is 5.38. The number of likely N-dealkylation sites (N-methyl/N-ethyl adjacent to an activating group) is 1. The Bertz CT molecular complexity index is 916. The minimum Gasteiger partial charge on any atom is -0.312 e. The SMILES string of the molecule is CCN(C(=O)CN1CCCN(Cc2cccc(C)c2)S1(=O)=O)c1ccccc1. The van der Waals surface area contributed by atoms with Crippen molar-refractivity contribution in [3.8, 4) is 0 Å². The van der Waals surface area contributed by atoms with Crippen LogP contribution >= 0.6 is 0 Å². The third-order valence-electron chi connectivity index (χ3n) is 4.91. The number of rotatable bonds is 6. The van der Waals surface area contributed by atoms with Crippen molar-refractivity contribution in [2.24, 2.45) is 0 Å². The van der Waals surface area contributed by atoms with E-state index in [-0.39, 0.29) is 12.5 Å². The molecule has 1 saturated heterocycles. The molecule has 7 heteroatoms. The van der Waals surface area contributed by atoms with Crippen molar-refractivity contribution in [3.63, 3.8) is 0 Å². The monoisotopic (exact) mass is 401 g/mol. The second-order valence-corrected chi connectivity index (χ2v) is 8.92. The van der Waals surface area contributed by atoms with Crippen LogP contribution < -0.4 is 4.90 Å². The first-order valence-electron chi connectivity index (χ1n) is 9.58. The maximum absolute atomic E-state index is 13.1. The Morgan fingerprint density at radius 3 is 2.43 bits per heavy atom. The fourth-order valence-electron chi connectivity index (χ4n) is 3.50. The van der Waals surface area contributed by atoms with Gasteiger partial charge in [0.15, 0.2) is 0 Å². The van der Waals surface area contributed by atoms with Gasteiger partial charge in [-0.2, -0.15) is 17.0 Å². The van der Waals surface area contributed by atoms with E-state index in [0.717, 1.165) is 16.8 Å². The van der Waals surface area contributed by atoms with Gasteiger partial charge < -0.3 is 4.90 Å². The van der Waals surface area contributed by atoms with Gasteiger partial charge in [0.1, 0.15) is 0 Å². The Morgan fingerprint density at radius 1 is 1.04 bits per heavy atom. The van der Waals surface area contributed by atoms with Crippen molar-refractivity contribution >= 4 is 21.8 Å². The molecule has 0 unspecified atom stereocenters. The van der Waals surface area contributed by atoms with Crippen LogP contribution in [0.2, 0.25) is 0 Å². The third kappa shape index (κ3) is 4.60. The van der Waals surface area contributed by atoms with Crippen LogP contribution in [0, 0.1) is 6.92 Å². The largest absolute Gasteiger partial charge is 0.312 e. The first kappa shape index (κ1) is 20.5. The van der Waals surface area contributed by atoms with E-state index in [1.165, 1.54) is 8.61 Å². The molecule has 0 spiro atoms. The first-order chi connectivity index (χ1) is 13.4. The fraction of sp³-hybridized carbons (Fsp3) is 0.381. The number of amides is 1. The molecule has 2 aromatic carbocycles. The van der Waals surface area contributed by atoms with E-state index in [1.54, 1.807) is 4.90 Å². The molecule has 0 N–H and O–H groups in total. The molecule has 0 radical (unpaired) electrons. The van der Waals surface area contributed by atoms with Gasteiger partial charge in [0, 0.05) is 31.9 Å². The molecule has 1 amide bonds. The van der Waals surface area contributed by atoms with Crippen molar-refractivity contribution in [1.29, 1.82) is 0 Å². The Labute approximate surface area is 167 Å². The lowest BCUT2D eigenvalue weighted by Crippen LogP contribution is -2.52. The summed E-state index contributed by atoms with van der Waals surface area (Å²) in [7, 11) is -3.68. The van der Waals surface area contributed by atoms with E-state index in [4.69, 9.17) is 0 Å².